The summed E-state index contributed by atoms with van der Waals surface area (Å²) < 4.78 is 38.1. The van der Waals surface area contributed by atoms with Crippen LogP contribution in [0.2, 0.25) is 5.02 Å². The second-order valence-corrected chi connectivity index (χ2v) is 4.84. The van der Waals surface area contributed by atoms with Gasteiger partial charge in [-0.3, -0.25) is 0 Å². The molecule has 2 atom stereocenters. The summed E-state index contributed by atoms with van der Waals surface area (Å²) in [6.45, 7) is 2.88. The van der Waals surface area contributed by atoms with E-state index >= 15 is 0 Å². The first-order valence-electron chi connectivity index (χ1n) is 5.49. The Morgan fingerprint density at radius 2 is 2.06 bits per heavy atom. The van der Waals surface area contributed by atoms with E-state index in [9.17, 15) is 13.2 Å². The molecule has 0 aliphatic carbocycles. The van der Waals surface area contributed by atoms with Gasteiger partial charge in [0.25, 0.3) is 0 Å². The normalized spacial score (nSPS) is 25.2. The topological polar surface area (TPSA) is 12.0 Å². The summed E-state index contributed by atoms with van der Waals surface area (Å²) >= 11 is 5.58. The first-order valence-corrected chi connectivity index (χ1v) is 5.87. The molecule has 0 aromatic heterocycles. The van der Waals surface area contributed by atoms with E-state index in [2.05, 4.69) is 5.32 Å². The van der Waals surface area contributed by atoms with E-state index in [4.69, 9.17) is 11.6 Å². The zero-order chi connectivity index (χ0) is 12.6. The van der Waals surface area contributed by atoms with Crippen LogP contribution in [-0.4, -0.2) is 6.54 Å². The molecule has 0 amide bonds. The molecule has 0 radical (unpaired) electrons. The molecule has 1 aromatic carbocycles. The molecule has 1 aromatic rings. The van der Waals surface area contributed by atoms with Gasteiger partial charge in [-0.1, -0.05) is 24.6 Å². The van der Waals surface area contributed by atoms with Crippen molar-refractivity contribution < 1.29 is 13.2 Å². The summed E-state index contributed by atoms with van der Waals surface area (Å²) in [6.07, 6.45) is -3.41. The minimum atomic E-state index is -4.39. The number of benzene rings is 1. The molecule has 1 N–H and O–H groups in total. The molecule has 1 heterocycles. The van der Waals surface area contributed by atoms with Gasteiger partial charge in [-0.25, -0.2) is 0 Å². The van der Waals surface area contributed by atoms with Crippen molar-refractivity contribution in [3.05, 3.63) is 34.3 Å². The molecule has 2 rings (SSSR count). The van der Waals surface area contributed by atoms with Crippen LogP contribution in [0, 0.1) is 5.92 Å². The molecule has 5 heteroatoms. The van der Waals surface area contributed by atoms with Crippen LogP contribution >= 0.6 is 11.6 Å². The number of hydrogen-bond acceptors (Lipinski definition) is 1. The molecule has 1 aliphatic heterocycles. The van der Waals surface area contributed by atoms with Gasteiger partial charge in [0.05, 0.1) is 10.6 Å². The van der Waals surface area contributed by atoms with Crippen molar-refractivity contribution in [1.29, 1.82) is 0 Å². The molecule has 2 unspecified atom stereocenters. The van der Waals surface area contributed by atoms with Crippen LogP contribution in [0.5, 0.6) is 0 Å². The minimum Gasteiger partial charge on any atom is -0.310 e. The maximum Gasteiger partial charge on any atom is 0.417 e. The molecule has 1 fully saturated rings. The van der Waals surface area contributed by atoms with E-state index in [-0.39, 0.29) is 11.1 Å². The predicted octanol–water partition coefficient (Wildman–Crippen LogP) is 4.03. The molecule has 1 aliphatic rings. The fourth-order valence-corrected chi connectivity index (χ4v) is 2.46. The Kier molecular flexibility index (Phi) is 3.36. The average Bonchev–Trinajstić information content (AvgIpc) is 2.63. The van der Waals surface area contributed by atoms with Gasteiger partial charge in [-0.05, 0) is 36.6 Å². The molecule has 1 saturated heterocycles. The standard InChI is InChI=1S/C12H13ClF3N/c1-7-4-5-17-11(7)8-2-3-10(13)9(6-8)12(14,15)16/h2-3,6-7,11,17H,4-5H2,1H3. The third kappa shape index (κ3) is 2.58. The van der Waals surface area contributed by atoms with E-state index < -0.39 is 11.7 Å². The summed E-state index contributed by atoms with van der Waals surface area (Å²) in [4.78, 5) is 0. The number of nitrogens with one attached hydrogen (secondary N) is 1. The Hall–Kier alpha value is -0.740. The minimum absolute atomic E-state index is 0.00614. The molecular formula is C12H13ClF3N. The summed E-state index contributed by atoms with van der Waals surface area (Å²) in [5.41, 5.74) is -0.0932. The second-order valence-electron chi connectivity index (χ2n) is 4.43. The maximum atomic E-state index is 12.7. The van der Waals surface area contributed by atoms with Crippen LogP contribution in [-0.2, 0) is 6.18 Å². The van der Waals surface area contributed by atoms with Crippen LogP contribution in [0.25, 0.3) is 0 Å². The van der Waals surface area contributed by atoms with E-state index in [1.54, 1.807) is 6.07 Å². The lowest BCUT2D eigenvalue weighted by Crippen LogP contribution is -2.17. The summed E-state index contributed by atoms with van der Waals surface area (Å²) in [7, 11) is 0. The zero-order valence-corrected chi connectivity index (χ0v) is 10.1. The van der Waals surface area contributed by atoms with Gasteiger partial charge in [-0.15, -0.1) is 0 Å². The molecule has 0 spiro atoms. The van der Waals surface area contributed by atoms with Crippen molar-refractivity contribution in [3.8, 4) is 0 Å². The van der Waals surface area contributed by atoms with Crippen molar-refractivity contribution in [2.45, 2.75) is 25.6 Å². The van der Waals surface area contributed by atoms with Crippen LogP contribution in [0.1, 0.15) is 30.5 Å². The van der Waals surface area contributed by atoms with Crippen molar-refractivity contribution in [1.82, 2.24) is 5.32 Å². The Morgan fingerprint density at radius 3 is 2.59 bits per heavy atom. The summed E-state index contributed by atoms with van der Waals surface area (Å²) in [6, 6.07) is 4.14. The Balaban J connectivity index is 2.37. The molecule has 1 nitrogen and oxygen atoms in total. The number of hydrogen-bond donors (Lipinski definition) is 1. The largest absolute Gasteiger partial charge is 0.417 e. The quantitative estimate of drug-likeness (QED) is 0.807. The van der Waals surface area contributed by atoms with Gasteiger partial charge in [0.1, 0.15) is 0 Å². The summed E-state index contributed by atoms with van der Waals surface area (Å²) in [5, 5.41) is 2.97. The Labute approximate surface area is 103 Å². The highest BCUT2D eigenvalue weighted by Gasteiger charge is 2.34. The number of halogens is 4. The Morgan fingerprint density at radius 1 is 1.35 bits per heavy atom. The zero-order valence-electron chi connectivity index (χ0n) is 9.31. The maximum absolute atomic E-state index is 12.7. The lowest BCUT2D eigenvalue weighted by Gasteiger charge is -2.18. The third-order valence-electron chi connectivity index (χ3n) is 3.19. The molecule has 17 heavy (non-hydrogen) atoms. The van der Waals surface area contributed by atoms with Crippen molar-refractivity contribution >= 4 is 11.6 Å². The number of alkyl halides is 3. The van der Waals surface area contributed by atoms with E-state index in [0.29, 0.717) is 11.5 Å². The van der Waals surface area contributed by atoms with Crippen molar-refractivity contribution in [3.63, 3.8) is 0 Å². The SMILES string of the molecule is CC1CCNC1c1ccc(Cl)c(C(F)(F)F)c1. The Bertz CT molecular complexity index is 417. The molecule has 94 valence electrons. The predicted molar refractivity (Wildman–Crippen MR) is 61.0 cm³/mol. The van der Waals surface area contributed by atoms with Gasteiger partial charge in [-0.2, -0.15) is 13.2 Å². The lowest BCUT2D eigenvalue weighted by molar-refractivity contribution is -0.137. The van der Waals surface area contributed by atoms with Crippen molar-refractivity contribution in [2.75, 3.05) is 6.54 Å². The van der Waals surface area contributed by atoms with E-state index in [1.807, 2.05) is 6.92 Å². The van der Waals surface area contributed by atoms with E-state index in [1.165, 1.54) is 6.07 Å². The van der Waals surface area contributed by atoms with Crippen LogP contribution < -0.4 is 5.32 Å². The van der Waals surface area contributed by atoms with Gasteiger partial charge in [0, 0.05) is 6.04 Å². The van der Waals surface area contributed by atoms with Crippen molar-refractivity contribution in [2.24, 2.45) is 5.92 Å². The van der Waals surface area contributed by atoms with E-state index in [0.717, 1.165) is 19.0 Å². The fourth-order valence-electron chi connectivity index (χ4n) is 2.23. The van der Waals surface area contributed by atoms with Gasteiger partial charge in [0.15, 0.2) is 0 Å². The first-order chi connectivity index (χ1) is 7.89. The van der Waals surface area contributed by atoms with Crippen LogP contribution in [0.4, 0.5) is 13.2 Å². The second kappa shape index (κ2) is 4.50. The van der Waals surface area contributed by atoms with Gasteiger partial charge in [0.2, 0.25) is 0 Å². The third-order valence-corrected chi connectivity index (χ3v) is 3.52. The fraction of sp³-hybridized carbons (Fsp3) is 0.500. The highest BCUT2D eigenvalue weighted by Crippen LogP contribution is 2.38. The molecule has 0 bridgehead atoms. The van der Waals surface area contributed by atoms with Gasteiger partial charge < -0.3 is 5.32 Å². The smallest absolute Gasteiger partial charge is 0.310 e. The lowest BCUT2D eigenvalue weighted by atomic mass is 9.95. The van der Waals surface area contributed by atoms with Crippen LogP contribution in [0.3, 0.4) is 0 Å². The van der Waals surface area contributed by atoms with Gasteiger partial charge >= 0.3 is 6.18 Å². The average molecular weight is 264 g/mol. The monoisotopic (exact) mass is 263 g/mol. The highest BCUT2D eigenvalue weighted by molar-refractivity contribution is 6.31. The molecular weight excluding hydrogens is 251 g/mol. The highest BCUT2D eigenvalue weighted by atomic mass is 35.5. The first kappa shape index (κ1) is 12.7. The number of rotatable bonds is 1. The van der Waals surface area contributed by atoms with Crippen LogP contribution in [0.15, 0.2) is 18.2 Å². The summed E-state index contributed by atoms with van der Waals surface area (Å²) in [5.74, 6) is 0.345. The molecule has 0 saturated carbocycles.